The van der Waals surface area contributed by atoms with E-state index in [1.807, 2.05) is 12.1 Å². The molecule has 1 heteroatoms. The lowest BCUT2D eigenvalue weighted by Gasteiger charge is -2.28. The van der Waals surface area contributed by atoms with Crippen LogP contribution in [0.25, 0.3) is 11.1 Å². The quantitative estimate of drug-likeness (QED) is 0.679. The third kappa shape index (κ3) is 1.58. The Hall–Kier alpha value is -2.54. The number of aromatic hydroxyl groups is 1. The molecule has 0 aliphatic heterocycles. The number of phenolic OH excluding ortho intramolecular Hbond substituents is 1. The van der Waals surface area contributed by atoms with Crippen molar-refractivity contribution in [3.8, 4) is 16.9 Å². The van der Waals surface area contributed by atoms with Crippen LogP contribution in [0.1, 0.15) is 23.6 Å². The lowest BCUT2D eigenvalue weighted by Crippen LogP contribution is -2.22. The highest BCUT2D eigenvalue weighted by molar-refractivity contribution is 5.83. The first-order valence-electron chi connectivity index (χ1n) is 7.20. The lowest BCUT2D eigenvalue weighted by atomic mass is 9.74. The Morgan fingerprint density at radius 1 is 0.667 bits per heavy atom. The second-order valence-electron chi connectivity index (χ2n) is 5.76. The Kier molecular flexibility index (Phi) is 2.46. The Morgan fingerprint density at radius 2 is 1.14 bits per heavy atom. The molecule has 1 nitrogen and oxygen atoms in total. The van der Waals surface area contributed by atoms with Crippen molar-refractivity contribution in [2.24, 2.45) is 0 Å². The van der Waals surface area contributed by atoms with Gasteiger partial charge in [-0.2, -0.15) is 0 Å². The van der Waals surface area contributed by atoms with E-state index in [0.717, 1.165) is 0 Å². The number of hydrogen-bond donors (Lipinski definition) is 1. The molecule has 0 bridgehead atoms. The van der Waals surface area contributed by atoms with Crippen LogP contribution in [-0.4, -0.2) is 5.11 Å². The summed E-state index contributed by atoms with van der Waals surface area (Å²) in [7, 11) is 0. The third-order valence-electron chi connectivity index (χ3n) is 4.67. The normalized spacial score (nSPS) is 14.5. The summed E-state index contributed by atoms with van der Waals surface area (Å²) in [5, 5.41) is 9.57. The SMILES string of the molecule is CC1(c2ccc(O)cc2)c2ccccc2-c2ccccc21. The first kappa shape index (κ1) is 12.2. The summed E-state index contributed by atoms with van der Waals surface area (Å²) in [5.41, 5.74) is 6.32. The molecule has 3 aromatic rings. The highest BCUT2D eigenvalue weighted by Crippen LogP contribution is 2.52. The Bertz CT molecular complexity index is 770. The number of fused-ring (bicyclic) bond motifs is 3. The summed E-state index contributed by atoms with van der Waals surface area (Å²) in [5.74, 6) is 0.307. The van der Waals surface area contributed by atoms with Crippen molar-refractivity contribution in [1.82, 2.24) is 0 Å². The van der Waals surface area contributed by atoms with Crippen molar-refractivity contribution in [3.63, 3.8) is 0 Å². The highest BCUT2D eigenvalue weighted by atomic mass is 16.3. The molecule has 1 aliphatic carbocycles. The molecule has 0 saturated heterocycles. The van der Waals surface area contributed by atoms with Gasteiger partial charge in [-0.1, -0.05) is 60.7 Å². The van der Waals surface area contributed by atoms with Crippen molar-refractivity contribution >= 4 is 0 Å². The Morgan fingerprint density at radius 3 is 1.67 bits per heavy atom. The predicted molar refractivity (Wildman–Crippen MR) is 85.5 cm³/mol. The molecule has 0 radical (unpaired) electrons. The van der Waals surface area contributed by atoms with Gasteiger partial charge in [0.15, 0.2) is 0 Å². The Labute approximate surface area is 124 Å². The molecule has 3 aromatic carbocycles. The van der Waals surface area contributed by atoms with Crippen LogP contribution in [0.3, 0.4) is 0 Å². The maximum absolute atomic E-state index is 9.57. The van der Waals surface area contributed by atoms with Gasteiger partial charge in [-0.05, 0) is 46.9 Å². The maximum atomic E-state index is 9.57. The van der Waals surface area contributed by atoms with E-state index < -0.39 is 0 Å². The standard InChI is InChI=1S/C20H16O/c1-20(14-10-12-15(21)13-11-14)18-8-4-2-6-16(18)17-7-3-5-9-19(17)20/h2-13,21H,1H3. The van der Waals surface area contributed by atoms with E-state index >= 15 is 0 Å². The first-order valence-corrected chi connectivity index (χ1v) is 7.20. The van der Waals surface area contributed by atoms with Crippen LogP contribution >= 0.6 is 0 Å². The summed E-state index contributed by atoms with van der Waals surface area (Å²) in [6, 6.07) is 24.8. The summed E-state index contributed by atoms with van der Waals surface area (Å²) in [6.45, 7) is 2.27. The monoisotopic (exact) mass is 272 g/mol. The van der Waals surface area contributed by atoms with Crippen molar-refractivity contribution < 1.29 is 5.11 Å². The molecule has 4 rings (SSSR count). The van der Waals surface area contributed by atoms with E-state index in [9.17, 15) is 5.11 Å². The van der Waals surface area contributed by atoms with Gasteiger partial charge < -0.3 is 5.11 Å². The van der Waals surface area contributed by atoms with E-state index in [4.69, 9.17) is 0 Å². The summed E-state index contributed by atoms with van der Waals surface area (Å²) < 4.78 is 0. The average molecular weight is 272 g/mol. The fourth-order valence-electron chi connectivity index (χ4n) is 3.56. The van der Waals surface area contributed by atoms with Crippen molar-refractivity contribution in [2.75, 3.05) is 0 Å². The minimum Gasteiger partial charge on any atom is -0.508 e. The molecule has 102 valence electrons. The number of rotatable bonds is 1. The average Bonchev–Trinajstić information content (AvgIpc) is 2.80. The maximum Gasteiger partial charge on any atom is 0.115 e. The minimum absolute atomic E-state index is 0.166. The predicted octanol–water partition coefficient (Wildman–Crippen LogP) is 4.73. The Balaban J connectivity index is 2.06. The fourth-order valence-corrected chi connectivity index (χ4v) is 3.56. The molecule has 21 heavy (non-hydrogen) atoms. The van der Waals surface area contributed by atoms with Gasteiger partial charge in [0.1, 0.15) is 5.75 Å². The number of benzene rings is 3. The molecular weight excluding hydrogens is 256 g/mol. The minimum atomic E-state index is -0.166. The molecule has 0 unspecified atom stereocenters. The van der Waals surface area contributed by atoms with Crippen molar-refractivity contribution in [1.29, 1.82) is 0 Å². The van der Waals surface area contributed by atoms with E-state index in [1.165, 1.54) is 27.8 Å². The van der Waals surface area contributed by atoms with Crippen molar-refractivity contribution in [3.05, 3.63) is 89.5 Å². The van der Waals surface area contributed by atoms with Gasteiger partial charge in [-0.25, -0.2) is 0 Å². The van der Waals surface area contributed by atoms with Crippen LogP contribution < -0.4 is 0 Å². The number of phenols is 1. The van der Waals surface area contributed by atoms with E-state index in [2.05, 4.69) is 55.5 Å². The zero-order valence-corrected chi connectivity index (χ0v) is 11.9. The molecule has 0 aromatic heterocycles. The third-order valence-corrected chi connectivity index (χ3v) is 4.67. The van der Waals surface area contributed by atoms with Crippen LogP contribution in [-0.2, 0) is 5.41 Å². The molecule has 1 N–H and O–H groups in total. The molecule has 0 fully saturated rings. The second kappa shape index (κ2) is 4.23. The van der Waals surface area contributed by atoms with Gasteiger partial charge in [0.05, 0.1) is 0 Å². The van der Waals surface area contributed by atoms with Gasteiger partial charge in [0, 0.05) is 5.41 Å². The first-order chi connectivity index (χ1) is 10.2. The summed E-state index contributed by atoms with van der Waals surface area (Å²) in [4.78, 5) is 0. The van der Waals surface area contributed by atoms with Gasteiger partial charge in [-0.3, -0.25) is 0 Å². The van der Waals surface area contributed by atoms with Gasteiger partial charge >= 0.3 is 0 Å². The lowest BCUT2D eigenvalue weighted by molar-refractivity contribution is 0.474. The van der Waals surface area contributed by atoms with Crippen LogP contribution in [0, 0.1) is 0 Å². The topological polar surface area (TPSA) is 20.2 Å². The summed E-state index contributed by atoms with van der Waals surface area (Å²) in [6.07, 6.45) is 0. The zero-order chi connectivity index (χ0) is 14.4. The molecule has 0 spiro atoms. The van der Waals surface area contributed by atoms with Gasteiger partial charge in [-0.15, -0.1) is 0 Å². The molecule has 0 atom stereocenters. The second-order valence-corrected chi connectivity index (χ2v) is 5.76. The van der Waals surface area contributed by atoms with Crippen LogP contribution in [0.4, 0.5) is 0 Å². The fraction of sp³-hybridized carbons (Fsp3) is 0.100. The largest absolute Gasteiger partial charge is 0.508 e. The molecule has 0 heterocycles. The van der Waals surface area contributed by atoms with Gasteiger partial charge in [0.2, 0.25) is 0 Å². The van der Waals surface area contributed by atoms with E-state index in [0.29, 0.717) is 5.75 Å². The summed E-state index contributed by atoms with van der Waals surface area (Å²) >= 11 is 0. The smallest absolute Gasteiger partial charge is 0.115 e. The number of hydrogen-bond acceptors (Lipinski definition) is 1. The highest BCUT2D eigenvalue weighted by Gasteiger charge is 2.40. The van der Waals surface area contributed by atoms with Gasteiger partial charge in [0.25, 0.3) is 0 Å². The molecular formula is C20H16O. The molecule has 1 aliphatic rings. The molecule has 0 amide bonds. The van der Waals surface area contributed by atoms with Crippen LogP contribution in [0.15, 0.2) is 72.8 Å². The zero-order valence-electron chi connectivity index (χ0n) is 11.9. The van der Waals surface area contributed by atoms with Crippen LogP contribution in [0.2, 0.25) is 0 Å². The molecule has 0 saturated carbocycles. The van der Waals surface area contributed by atoms with Crippen molar-refractivity contribution in [2.45, 2.75) is 12.3 Å². The van der Waals surface area contributed by atoms with Crippen LogP contribution in [0.5, 0.6) is 5.75 Å². The van der Waals surface area contributed by atoms with E-state index in [-0.39, 0.29) is 5.41 Å². The van der Waals surface area contributed by atoms with E-state index in [1.54, 1.807) is 12.1 Å².